The number of carbonyl (C=O) groups is 2. The molecule has 0 saturated carbocycles. The van der Waals surface area contributed by atoms with Crippen LogP contribution < -0.4 is 10.2 Å². The van der Waals surface area contributed by atoms with Crippen LogP contribution in [0.1, 0.15) is 28.4 Å². The van der Waals surface area contributed by atoms with Gasteiger partial charge in [0.2, 0.25) is 0 Å². The minimum atomic E-state index is -0.363. The molecule has 1 unspecified atom stereocenters. The van der Waals surface area contributed by atoms with E-state index in [0.29, 0.717) is 37.0 Å². The van der Waals surface area contributed by atoms with Crippen LogP contribution in [0.4, 0.5) is 10.5 Å². The van der Waals surface area contributed by atoms with Crippen LogP contribution in [0.5, 0.6) is 0 Å². The van der Waals surface area contributed by atoms with E-state index in [4.69, 9.17) is 4.74 Å². The molecule has 0 spiro atoms. The monoisotopic (exact) mass is 422 g/mol. The van der Waals surface area contributed by atoms with E-state index in [1.165, 1.54) is 5.56 Å². The first kappa shape index (κ1) is 21.3. The average molecular weight is 423 g/mol. The Morgan fingerprint density at radius 2 is 1.94 bits per heavy atom. The maximum absolute atomic E-state index is 12.6. The van der Waals surface area contributed by atoms with Crippen molar-refractivity contribution in [3.63, 3.8) is 0 Å². The van der Waals surface area contributed by atoms with Gasteiger partial charge >= 0.3 is 6.09 Å². The van der Waals surface area contributed by atoms with Gasteiger partial charge in [-0.25, -0.2) is 4.79 Å². The number of rotatable bonds is 7. The highest BCUT2D eigenvalue weighted by Gasteiger charge is 2.26. The van der Waals surface area contributed by atoms with E-state index in [-0.39, 0.29) is 12.0 Å². The number of anilines is 1. The van der Waals surface area contributed by atoms with Crippen LogP contribution >= 0.6 is 0 Å². The van der Waals surface area contributed by atoms with Crippen molar-refractivity contribution in [1.82, 2.24) is 15.1 Å². The Balaban J connectivity index is 1.29. The number of ether oxygens (including phenoxy) is 1. The Morgan fingerprint density at radius 1 is 1.10 bits per heavy atom. The zero-order valence-corrected chi connectivity index (χ0v) is 18.0. The Hall–Kier alpha value is -2.90. The predicted octanol–water partition coefficient (Wildman–Crippen LogP) is 2.75. The molecule has 1 atom stereocenters. The second kappa shape index (κ2) is 9.94. The van der Waals surface area contributed by atoms with Crippen LogP contribution in [0, 0.1) is 0 Å². The molecule has 2 aliphatic heterocycles. The lowest BCUT2D eigenvalue weighted by Crippen LogP contribution is -2.47. The van der Waals surface area contributed by atoms with E-state index in [1.807, 2.05) is 6.07 Å². The van der Waals surface area contributed by atoms with Crippen LogP contribution in [0.3, 0.4) is 0 Å². The van der Waals surface area contributed by atoms with Crippen LogP contribution in [0.2, 0.25) is 0 Å². The van der Waals surface area contributed by atoms with Crippen molar-refractivity contribution in [2.75, 3.05) is 57.8 Å². The minimum absolute atomic E-state index is 0.118. The number of nitrogens with one attached hydrogen (secondary N) is 1. The summed E-state index contributed by atoms with van der Waals surface area (Å²) in [7, 11) is 2.17. The molecule has 2 amide bonds. The highest BCUT2D eigenvalue weighted by Crippen LogP contribution is 2.25. The lowest BCUT2D eigenvalue weighted by molar-refractivity contribution is 0.0865. The second-order valence-corrected chi connectivity index (χ2v) is 8.15. The molecule has 2 aromatic carbocycles. The highest BCUT2D eigenvalue weighted by atomic mass is 16.6. The molecule has 2 fully saturated rings. The van der Waals surface area contributed by atoms with Crippen molar-refractivity contribution in [2.45, 2.75) is 12.5 Å². The maximum Gasteiger partial charge on any atom is 0.414 e. The first-order valence-electron chi connectivity index (χ1n) is 10.9. The molecular formula is C24H30N4O3. The van der Waals surface area contributed by atoms with E-state index in [2.05, 4.69) is 52.5 Å². The van der Waals surface area contributed by atoms with Crippen molar-refractivity contribution < 1.29 is 14.3 Å². The number of benzene rings is 2. The molecule has 0 aromatic heterocycles. The lowest BCUT2D eigenvalue weighted by Gasteiger charge is -2.40. The fourth-order valence-corrected chi connectivity index (χ4v) is 4.25. The van der Waals surface area contributed by atoms with Gasteiger partial charge in [-0.3, -0.25) is 14.6 Å². The Kier molecular flexibility index (Phi) is 6.84. The molecule has 1 N–H and O–H groups in total. The predicted molar refractivity (Wildman–Crippen MR) is 120 cm³/mol. The quantitative estimate of drug-likeness (QED) is 0.695. The van der Waals surface area contributed by atoms with E-state index < -0.39 is 0 Å². The summed E-state index contributed by atoms with van der Waals surface area (Å²) in [5.74, 6) is -0.118. The van der Waals surface area contributed by atoms with Gasteiger partial charge in [-0.15, -0.1) is 0 Å². The number of piperazine rings is 1. The van der Waals surface area contributed by atoms with Crippen LogP contribution in [-0.2, 0) is 4.74 Å². The summed E-state index contributed by atoms with van der Waals surface area (Å²) in [4.78, 5) is 30.8. The Labute approximate surface area is 183 Å². The number of nitrogens with zero attached hydrogens (tertiary/aromatic N) is 3. The maximum atomic E-state index is 12.6. The molecule has 0 radical (unpaired) electrons. The molecule has 4 rings (SSSR count). The molecule has 164 valence electrons. The third-order valence-corrected chi connectivity index (χ3v) is 5.97. The van der Waals surface area contributed by atoms with Crippen molar-refractivity contribution in [1.29, 1.82) is 0 Å². The number of likely N-dealkylation sites (N-methyl/N-ethyl adjacent to an activating group) is 1. The zero-order chi connectivity index (χ0) is 21.6. The largest absolute Gasteiger partial charge is 0.447 e. The second-order valence-electron chi connectivity index (χ2n) is 8.15. The van der Waals surface area contributed by atoms with Gasteiger partial charge < -0.3 is 15.0 Å². The molecule has 31 heavy (non-hydrogen) atoms. The summed E-state index contributed by atoms with van der Waals surface area (Å²) in [5.41, 5.74) is 2.59. The van der Waals surface area contributed by atoms with Gasteiger partial charge in [-0.2, -0.15) is 0 Å². The number of hydrogen-bond acceptors (Lipinski definition) is 5. The molecule has 2 heterocycles. The van der Waals surface area contributed by atoms with Gasteiger partial charge in [-0.05, 0) is 37.2 Å². The normalized spacial score (nSPS) is 20.0. The first-order valence-corrected chi connectivity index (χ1v) is 10.9. The van der Waals surface area contributed by atoms with Gasteiger partial charge in [0, 0.05) is 50.0 Å². The van der Waals surface area contributed by atoms with Gasteiger partial charge in [-0.1, -0.05) is 36.4 Å². The molecule has 2 aliphatic rings. The number of cyclic esters (lactones) is 1. The fraction of sp³-hybridized carbons (Fsp3) is 0.417. The molecular weight excluding hydrogens is 392 g/mol. The van der Waals surface area contributed by atoms with Gasteiger partial charge in [0.1, 0.15) is 6.61 Å². The SMILES string of the molecule is CN1CCN(CCCNC(=O)c2cccc(N3CCOC3=O)c2)C(c2ccccc2)C1. The average Bonchev–Trinajstić information content (AvgIpc) is 3.24. The van der Waals surface area contributed by atoms with Crippen LogP contribution in [0.25, 0.3) is 0 Å². The molecule has 2 saturated heterocycles. The van der Waals surface area contributed by atoms with Gasteiger partial charge in [0.05, 0.1) is 6.54 Å². The number of carbonyl (C=O) groups excluding carboxylic acids is 2. The molecule has 7 nitrogen and oxygen atoms in total. The number of hydrogen-bond donors (Lipinski definition) is 1. The summed E-state index contributed by atoms with van der Waals surface area (Å²) < 4.78 is 4.98. The summed E-state index contributed by atoms with van der Waals surface area (Å²) in [6, 6.07) is 18.1. The zero-order valence-electron chi connectivity index (χ0n) is 18.0. The summed E-state index contributed by atoms with van der Waals surface area (Å²) in [5, 5.41) is 3.02. The highest BCUT2D eigenvalue weighted by molar-refractivity contribution is 5.97. The summed E-state index contributed by atoms with van der Waals surface area (Å²) >= 11 is 0. The molecule has 0 bridgehead atoms. The lowest BCUT2D eigenvalue weighted by atomic mass is 10.0. The molecule has 7 heteroatoms. The first-order chi connectivity index (χ1) is 15.1. The van der Waals surface area contributed by atoms with Crippen molar-refractivity contribution in [3.8, 4) is 0 Å². The van der Waals surface area contributed by atoms with E-state index in [0.717, 1.165) is 32.6 Å². The Bertz CT molecular complexity index is 905. The van der Waals surface area contributed by atoms with Crippen molar-refractivity contribution in [3.05, 3.63) is 65.7 Å². The van der Waals surface area contributed by atoms with E-state index >= 15 is 0 Å². The third-order valence-electron chi connectivity index (χ3n) is 5.97. The van der Waals surface area contributed by atoms with E-state index in [9.17, 15) is 9.59 Å². The van der Waals surface area contributed by atoms with E-state index in [1.54, 1.807) is 23.1 Å². The Morgan fingerprint density at radius 3 is 2.71 bits per heavy atom. The van der Waals surface area contributed by atoms with Crippen LogP contribution in [-0.4, -0.2) is 74.7 Å². The topological polar surface area (TPSA) is 65.1 Å². The standard InChI is InChI=1S/C24H30N4O3/c1-26-13-14-27(22(18-26)19-7-3-2-4-8-19)12-6-11-25-23(29)20-9-5-10-21(17-20)28-15-16-31-24(28)30/h2-5,7-10,17,22H,6,11-16,18H2,1H3,(H,25,29). The third kappa shape index (κ3) is 5.24. The minimum Gasteiger partial charge on any atom is -0.447 e. The smallest absolute Gasteiger partial charge is 0.414 e. The molecule has 0 aliphatic carbocycles. The van der Waals surface area contributed by atoms with Gasteiger partial charge in [0.15, 0.2) is 0 Å². The van der Waals surface area contributed by atoms with Crippen LogP contribution in [0.15, 0.2) is 54.6 Å². The summed E-state index contributed by atoms with van der Waals surface area (Å²) in [6.45, 7) is 5.54. The number of amides is 2. The fourth-order valence-electron chi connectivity index (χ4n) is 4.25. The summed E-state index contributed by atoms with van der Waals surface area (Å²) in [6.07, 6.45) is 0.523. The van der Waals surface area contributed by atoms with Crippen molar-refractivity contribution in [2.24, 2.45) is 0 Å². The van der Waals surface area contributed by atoms with Crippen molar-refractivity contribution >= 4 is 17.7 Å². The molecule has 2 aromatic rings. The van der Waals surface area contributed by atoms with Gasteiger partial charge in [0.25, 0.3) is 5.91 Å².